The second-order valence-corrected chi connectivity index (χ2v) is 6.25. The highest BCUT2D eigenvalue weighted by Crippen LogP contribution is 2.43. The smallest absolute Gasteiger partial charge is 0.203 e. The first-order valence-corrected chi connectivity index (χ1v) is 8.56. The van der Waals surface area contributed by atoms with E-state index in [0.29, 0.717) is 23.9 Å². The molecule has 0 fully saturated rings. The van der Waals surface area contributed by atoms with Gasteiger partial charge in [0.25, 0.3) is 0 Å². The predicted molar refractivity (Wildman–Crippen MR) is 105 cm³/mol. The summed E-state index contributed by atoms with van der Waals surface area (Å²) in [4.78, 5) is 7.55. The minimum atomic E-state index is 0.588. The minimum Gasteiger partial charge on any atom is -0.493 e. The fraction of sp³-hybridized carbons (Fsp3) is 0.450. The number of nitrogens with zero attached hydrogens (tertiary/aromatic N) is 2. The van der Waals surface area contributed by atoms with Crippen molar-refractivity contribution in [2.75, 3.05) is 48.6 Å². The van der Waals surface area contributed by atoms with Gasteiger partial charge in [-0.3, -0.25) is 0 Å². The number of benzene rings is 2. The summed E-state index contributed by atoms with van der Waals surface area (Å²) in [5.74, 6) is 1.87. The van der Waals surface area contributed by atoms with E-state index >= 15 is 0 Å². The van der Waals surface area contributed by atoms with Crippen molar-refractivity contribution < 1.29 is 19.0 Å². The number of hydrogen-bond acceptors (Lipinski definition) is 6. The molecule has 6 heteroatoms. The average Bonchev–Trinajstić information content (AvgIpc) is 2.64. The first-order valence-electron chi connectivity index (χ1n) is 8.56. The molecule has 0 unspecified atom stereocenters. The van der Waals surface area contributed by atoms with Crippen LogP contribution in [0.15, 0.2) is 29.4 Å². The molecule has 0 aliphatic carbocycles. The summed E-state index contributed by atoms with van der Waals surface area (Å²) < 4.78 is 16.4. The SMILES string of the molecule is COc1cc2cc(/C(C)=N/OCCCN(C)C)ccc2c(OC)c1OC. The molecule has 0 amide bonds. The lowest BCUT2D eigenvalue weighted by Gasteiger charge is -2.15. The lowest BCUT2D eigenvalue weighted by Crippen LogP contribution is -2.14. The number of methoxy groups -OCH3 is 3. The van der Waals surface area contributed by atoms with E-state index in [9.17, 15) is 0 Å². The third-order valence-electron chi connectivity index (χ3n) is 4.10. The van der Waals surface area contributed by atoms with Crippen LogP contribution in [0, 0.1) is 0 Å². The Morgan fingerprint density at radius 2 is 1.73 bits per heavy atom. The predicted octanol–water partition coefficient (Wildman–Crippen LogP) is 3.56. The van der Waals surface area contributed by atoms with Gasteiger partial charge in [0.15, 0.2) is 11.5 Å². The van der Waals surface area contributed by atoms with Crippen LogP contribution in [0.5, 0.6) is 17.2 Å². The lowest BCUT2D eigenvalue weighted by atomic mass is 10.0. The Morgan fingerprint density at radius 3 is 2.35 bits per heavy atom. The minimum absolute atomic E-state index is 0.588. The van der Waals surface area contributed by atoms with Gasteiger partial charge in [-0.1, -0.05) is 11.2 Å². The van der Waals surface area contributed by atoms with E-state index < -0.39 is 0 Å². The second kappa shape index (κ2) is 9.29. The topological polar surface area (TPSA) is 52.5 Å². The maximum atomic E-state index is 5.54. The molecule has 0 atom stereocenters. The molecular formula is C20H28N2O4. The van der Waals surface area contributed by atoms with Crippen LogP contribution in [-0.2, 0) is 4.84 Å². The zero-order valence-electron chi connectivity index (χ0n) is 16.5. The van der Waals surface area contributed by atoms with Gasteiger partial charge in [-0.05, 0) is 56.6 Å². The summed E-state index contributed by atoms with van der Waals surface area (Å²) in [6, 6.07) is 7.97. The van der Waals surface area contributed by atoms with Gasteiger partial charge in [0.1, 0.15) is 6.61 Å². The van der Waals surface area contributed by atoms with Crippen molar-refractivity contribution in [1.29, 1.82) is 0 Å². The Morgan fingerprint density at radius 1 is 1.00 bits per heavy atom. The monoisotopic (exact) mass is 360 g/mol. The maximum absolute atomic E-state index is 5.54. The first kappa shape index (κ1) is 19.8. The van der Waals surface area contributed by atoms with E-state index in [1.165, 1.54) is 0 Å². The molecule has 0 aliphatic heterocycles. The summed E-state index contributed by atoms with van der Waals surface area (Å²) in [6.07, 6.45) is 0.940. The third-order valence-corrected chi connectivity index (χ3v) is 4.10. The van der Waals surface area contributed by atoms with Crippen molar-refractivity contribution in [1.82, 2.24) is 4.90 Å². The van der Waals surface area contributed by atoms with E-state index in [0.717, 1.165) is 35.0 Å². The van der Waals surface area contributed by atoms with E-state index in [2.05, 4.69) is 10.1 Å². The molecule has 2 aromatic carbocycles. The highest BCUT2D eigenvalue weighted by molar-refractivity contribution is 6.03. The maximum Gasteiger partial charge on any atom is 0.203 e. The summed E-state index contributed by atoms with van der Waals surface area (Å²) in [5.41, 5.74) is 1.81. The van der Waals surface area contributed by atoms with Gasteiger partial charge in [-0.25, -0.2) is 0 Å². The van der Waals surface area contributed by atoms with E-state index in [1.807, 2.05) is 45.3 Å². The summed E-state index contributed by atoms with van der Waals surface area (Å²) in [5, 5.41) is 6.17. The van der Waals surface area contributed by atoms with Crippen LogP contribution < -0.4 is 14.2 Å². The van der Waals surface area contributed by atoms with Crippen LogP contribution in [0.4, 0.5) is 0 Å². The van der Waals surface area contributed by atoms with Gasteiger partial charge < -0.3 is 23.9 Å². The second-order valence-electron chi connectivity index (χ2n) is 6.25. The van der Waals surface area contributed by atoms with Gasteiger partial charge in [0.2, 0.25) is 5.75 Å². The van der Waals surface area contributed by atoms with Crippen molar-refractivity contribution in [2.24, 2.45) is 5.16 Å². The highest BCUT2D eigenvalue weighted by atomic mass is 16.6. The Balaban J connectivity index is 2.27. The number of ether oxygens (including phenoxy) is 3. The Labute approximate surface area is 155 Å². The van der Waals surface area contributed by atoms with Gasteiger partial charge in [-0.15, -0.1) is 0 Å². The number of rotatable bonds is 9. The molecule has 0 radical (unpaired) electrons. The molecule has 0 saturated heterocycles. The number of fused-ring (bicyclic) bond motifs is 1. The Bertz CT molecular complexity index is 772. The summed E-state index contributed by atoms with van der Waals surface area (Å²) >= 11 is 0. The van der Waals surface area contributed by atoms with Crippen LogP contribution >= 0.6 is 0 Å². The highest BCUT2D eigenvalue weighted by Gasteiger charge is 2.16. The van der Waals surface area contributed by atoms with Crippen molar-refractivity contribution in [2.45, 2.75) is 13.3 Å². The molecule has 0 heterocycles. The molecule has 2 rings (SSSR count). The fourth-order valence-corrected chi connectivity index (χ4v) is 2.74. The van der Waals surface area contributed by atoms with Crippen molar-refractivity contribution in [3.8, 4) is 17.2 Å². The molecule has 0 spiro atoms. The fourth-order valence-electron chi connectivity index (χ4n) is 2.74. The molecule has 2 aromatic rings. The van der Waals surface area contributed by atoms with Crippen LogP contribution in [0.1, 0.15) is 18.9 Å². The van der Waals surface area contributed by atoms with Gasteiger partial charge in [0, 0.05) is 11.9 Å². The molecule has 6 nitrogen and oxygen atoms in total. The number of hydrogen-bond donors (Lipinski definition) is 0. The van der Waals surface area contributed by atoms with Gasteiger partial charge >= 0.3 is 0 Å². The van der Waals surface area contributed by atoms with Crippen LogP contribution in [-0.4, -0.2) is 59.2 Å². The van der Waals surface area contributed by atoms with Crippen molar-refractivity contribution >= 4 is 16.5 Å². The molecule has 142 valence electrons. The zero-order valence-corrected chi connectivity index (χ0v) is 16.5. The Hall–Kier alpha value is -2.47. The molecule has 0 saturated carbocycles. The molecule has 0 bridgehead atoms. The third kappa shape index (κ3) is 4.58. The first-order chi connectivity index (χ1) is 12.5. The van der Waals surface area contributed by atoms with Crippen molar-refractivity contribution in [3.05, 3.63) is 29.8 Å². The summed E-state index contributed by atoms with van der Waals surface area (Å²) in [7, 11) is 8.92. The number of oxime groups is 1. The molecule has 0 N–H and O–H groups in total. The van der Waals surface area contributed by atoms with E-state index in [-0.39, 0.29) is 0 Å². The Kier molecular flexibility index (Phi) is 7.09. The van der Waals surface area contributed by atoms with Gasteiger partial charge in [0.05, 0.1) is 27.0 Å². The van der Waals surface area contributed by atoms with E-state index in [4.69, 9.17) is 19.0 Å². The standard InChI is InChI=1S/C20H28N2O4/c1-14(21-26-11-7-10-22(2)3)15-8-9-17-16(12-15)13-18(23-4)20(25-6)19(17)24-5/h8-9,12-13H,7,10-11H2,1-6H3/b21-14+. The van der Waals surface area contributed by atoms with Crippen LogP contribution in [0.2, 0.25) is 0 Å². The normalized spacial score (nSPS) is 11.7. The summed E-state index contributed by atoms with van der Waals surface area (Å²) in [6.45, 7) is 3.51. The van der Waals surface area contributed by atoms with E-state index in [1.54, 1.807) is 21.3 Å². The molecular weight excluding hydrogens is 332 g/mol. The van der Waals surface area contributed by atoms with Gasteiger partial charge in [-0.2, -0.15) is 0 Å². The lowest BCUT2D eigenvalue weighted by molar-refractivity contribution is 0.135. The molecule has 0 aromatic heterocycles. The largest absolute Gasteiger partial charge is 0.493 e. The van der Waals surface area contributed by atoms with Crippen LogP contribution in [0.25, 0.3) is 10.8 Å². The molecule has 26 heavy (non-hydrogen) atoms. The van der Waals surface area contributed by atoms with Crippen molar-refractivity contribution in [3.63, 3.8) is 0 Å². The molecule has 0 aliphatic rings. The van der Waals surface area contributed by atoms with Crippen LogP contribution in [0.3, 0.4) is 0 Å². The quantitative estimate of drug-likeness (QED) is 0.389. The average molecular weight is 360 g/mol. The zero-order chi connectivity index (χ0) is 19.1.